The molecule has 0 aliphatic carbocycles. The molecule has 0 bridgehead atoms. The number of nitrogens with zero attached hydrogens (tertiary/aromatic N) is 1. The lowest BCUT2D eigenvalue weighted by Gasteiger charge is -2.29. The highest BCUT2D eigenvalue weighted by molar-refractivity contribution is 5.14. The van der Waals surface area contributed by atoms with Crippen molar-refractivity contribution in [2.24, 2.45) is 0 Å². The maximum Gasteiger partial charge on any atom is 0.0718 e. The Kier molecular flexibility index (Phi) is 6.33. The van der Waals surface area contributed by atoms with Gasteiger partial charge in [0.25, 0.3) is 0 Å². The van der Waals surface area contributed by atoms with Gasteiger partial charge in [-0.25, -0.2) is 0 Å². The summed E-state index contributed by atoms with van der Waals surface area (Å²) in [7, 11) is 0. The van der Waals surface area contributed by atoms with Crippen molar-refractivity contribution < 1.29 is 10.2 Å². The van der Waals surface area contributed by atoms with E-state index in [2.05, 4.69) is 17.0 Å². The molecule has 0 fully saturated rings. The summed E-state index contributed by atoms with van der Waals surface area (Å²) in [6.45, 7) is 6.29. The minimum absolute atomic E-state index is 0.238. The fraction of sp³-hybridized carbons (Fsp3) is 0.600. The Morgan fingerprint density at radius 2 is 1.78 bits per heavy atom. The molecule has 0 saturated carbocycles. The van der Waals surface area contributed by atoms with E-state index in [0.717, 1.165) is 25.9 Å². The van der Waals surface area contributed by atoms with Crippen molar-refractivity contribution >= 4 is 0 Å². The van der Waals surface area contributed by atoms with Crippen molar-refractivity contribution in [3.63, 3.8) is 0 Å². The van der Waals surface area contributed by atoms with Crippen molar-refractivity contribution in [2.45, 2.75) is 38.8 Å². The summed E-state index contributed by atoms with van der Waals surface area (Å²) in [5.74, 6) is 0. The van der Waals surface area contributed by atoms with Crippen LogP contribution in [0, 0.1) is 0 Å². The van der Waals surface area contributed by atoms with Crippen molar-refractivity contribution in [1.82, 2.24) is 4.90 Å². The molecule has 0 saturated heterocycles. The second-order valence-electron chi connectivity index (χ2n) is 5.44. The number of benzene rings is 1. The highest BCUT2D eigenvalue weighted by atomic mass is 16.3. The minimum Gasteiger partial charge on any atom is -0.396 e. The molecule has 1 rings (SSSR count). The molecular weight excluding hydrogens is 226 g/mol. The van der Waals surface area contributed by atoms with Gasteiger partial charge in [0, 0.05) is 19.7 Å². The van der Waals surface area contributed by atoms with Crippen LogP contribution >= 0.6 is 0 Å². The van der Waals surface area contributed by atoms with E-state index in [0.29, 0.717) is 6.54 Å². The smallest absolute Gasteiger partial charge is 0.0718 e. The van der Waals surface area contributed by atoms with Gasteiger partial charge in [0.05, 0.1) is 5.60 Å². The molecule has 0 aliphatic rings. The summed E-state index contributed by atoms with van der Waals surface area (Å²) in [5.41, 5.74) is 0.569. The number of aliphatic hydroxyl groups is 2. The highest BCUT2D eigenvalue weighted by Crippen LogP contribution is 2.11. The van der Waals surface area contributed by atoms with E-state index >= 15 is 0 Å². The zero-order valence-corrected chi connectivity index (χ0v) is 11.5. The molecule has 1 aromatic carbocycles. The summed E-state index contributed by atoms with van der Waals surface area (Å²) >= 11 is 0. The highest BCUT2D eigenvalue weighted by Gasteiger charge is 2.18. The van der Waals surface area contributed by atoms with Gasteiger partial charge >= 0.3 is 0 Å². The van der Waals surface area contributed by atoms with Gasteiger partial charge in [-0.3, -0.25) is 4.90 Å². The van der Waals surface area contributed by atoms with Crippen LogP contribution in [0.5, 0.6) is 0 Å². The van der Waals surface area contributed by atoms with Crippen molar-refractivity contribution in [3.05, 3.63) is 35.9 Å². The first-order chi connectivity index (χ1) is 8.51. The van der Waals surface area contributed by atoms with E-state index in [1.807, 2.05) is 32.0 Å². The molecule has 0 heterocycles. The van der Waals surface area contributed by atoms with Gasteiger partial charge in [-0.15, -0.1) is 0 Å². The zero-order chi connectivity index (χ0) is 13.4. The summed E-state index contributed by atoms with van der Waals surface area (Å²) in [6, 6.07) is 10.3. The molecule has 3 nitrogen and oxygen atoms in total. The Morgan fingerprint density at radius 3 is 2.33 bits per heavy atom. The molecule has 0 unspecified atom stereocenters. The first-order valence-corrected chi connectivity index (χ1v) is 6.61. The van der Waals surface area contributed by atoms with Gasteiger partial charge in [0.15, 0.2) is 0 Å². The normalized spacial score (nSPS) is 12.1. The number of rotatable bonds is 8. The average molecular weight is 251 g/mol. The number of aliphatic hydroxyl groups excluding tert-OH is 1. The molecule has 0 amide bonds. The van der Waals surface area contributed by atoms with E-state index in [1.165, 1.54) is 5.56 Å². The number of hydrogen-bond donors (Lipinski definition) is 2. The predicted molar refractivity (Wildman–Crippen MR) is 74.3 cm³/mol. The standard InChI is InChI=1S/C15H25NO2/c1-15(2,18)13-16(10-6-7-11-17)12-14-8-4-3-5-9-14/h3-5,8-9,17-18H,6-7,10-13H2,1-2H3. The average Bonchev–Trinajstić information content (AvgIpc) is 2.28. The minimum atomic E-state index is -0.687. The first-order valence-electron chi connectivity index (χ1n) is 6.61. The Morgan fingerprint density at radius 1 is 1.11 bits per heavy atom. The molecule has 102 valence electrons. The van der Waals surface area contributed by atoms with Crippen molar-refractivity contribution in [2.75, 3.05) is 19.7 Å². The quantitative estimate of drug-likeness (QED) is 0.695. The first kappa shape index (κ1) is 15.2. The molecule has 0 aliphatic heterocycles. The van der Waals surface area contributed by atoms with Gasteiger partial charge in [-0.2, -0.15) is 0 Å². The Labute approximate surface area is 110 Å². The largest absolute Gasteiger partial charge is 0.396 e. The van der Waals surface area contributed by atoms with E-state index in [1.54, 1.807) is 0 Å². The number of unbranched alkanes of at least 4 members (excludes halogenated alkanes) is 1. The Balaban J connectivity index is 2.54. The maximum absolute atomic E-state index is 9.93. The molecule has 0 radical (unpaired) electrons. The molecule has 3 heteroatoms. The van der Waals surface area contributed by atoms with Crippen LogP contribution in [0.2, 0.25) is 0 Å². The van der Waals surface area contributed by atoms with Gasteiger partial charge in [0.2, 0.25) is 0 Å². The molecule has 0 aromatic heterocycles. The van der Waals surface area contributed by atoms with Gasteiger partial charge in [0.1, 0.15) is 0 Å². The predicted octanol–water partition coefficient (Wildman–Crippen LogP) is 2.03. The van der Waals surface area contributed by atoms with E-state index in [-0.39, 0.29) is 6.61 Å². The molecule has 2 N–H and O–H groups in total. The Bertz CT molecular complexity index is 319. The van der Waals surface area contributed by atoms with E-state index < -0.39 is 5.60 Å². The van der Waals surface area contributed by atoms with Crippen LogP contribution in [0.1, 0.15) is 32.3 Å². The topological polar surface area (TPSA) is 43.7 Å². The van der Waals surface area contributed by atoms with Crippen molar-refractivity contribution in [3.8, 4) is 0 Å². The molecular formula is C15H25NO2. The van der Waals surface area contributed by atoms with Crippen LogP contribution in [-0.2, 0) is 6.54 Å². The van der Waals surface area contributed by atoms with E-state index in [4.69, 9.17) is 5.11 Å². The molecule has 0 spiro atoms. The van der Waals surface area contributed by atoms with Crippen molar-refractivity contribution in [1.29, 1.82) is 0 Å². The van der Waals surface area contributed by atoms with Crippen LogP contribution < -0.4 is 0 Å². The lowest BCUT2D eigenvalue weighted by molar-refractivity contribution is 0.0326. The van der Waals surface area contributed by atoms with Gasteiger partial charge in [-0.1, -0.05) is 30.3 Å². The number of hydrogen-bond acceptors (Lipinski definition) is 3. The second kappa shape index (κ2) is 7.52. The summed E-state index contributed by atoms with van der Waals surface area (Å²) < 4.78 is 0. The summed E-state index contributed by atoms with van der Waals surface area (Å²) in [6.07, 6.45) is 1.77. The van der Waals surface area contributed by atoms with Crippen LogP contribution in [0.4, 0.5) is 0 Å². The maximum atomic E-state index is 9.93. The molecule has 0 atom stereocenters. The van der Waals surface area contributed by atoms with E-state index in [9.17, 15) is 5.11 Å². The van der Waals surface area contributed by atoms with Crippen LogP contribution in [-0.4, -0.2) is 40.4 Å². The second-order valence-corrected chi connectivity index (χ2v) is 5.44. The fourth-order valence-electron chi connectivity index (χ4n) is 2.05. The van der Waals surface area contributed by atoms with Crippen LogP contribution in [0.15, 0.2) is 30.3 Å². The Hall–Kier alpha value is -0.900. The lowest BCUT2D eigenvalue weighted by Crippen LogP contribution is -2.38. The third-order valence-electron chi connectivity index (χ3n) is 2.74. The van der Waals surface area contributed by atoms with Gasteiger partial charge < -0.3 is 10.2 Å². The molecule has 18 heavy (non-hydrogen) atoms. The molecule has 1 aromatic rings. The van der Waals surface area contributed by atoms with Gasteiger partial charge in [-0.05, 0) is 38.8 Å². The lowest BCUT2D eigenvalue weighted by atomic mass is 10.1. The zero-order valence-electron chi connectivity index (χ0n) is 11.5. The summed E-state index contributed by atoms with van der Waals surface area (Å²) in [5, 5.41) is 18.8. The van der Waals surface area contributed by atoms with Crippen LogP contribution in [0.25, 0.3) is 0 Å². The SMILES string of the molecule is CC(C)(O)CN(CCCCO)Cc1ccccc1. The summed E-state index contributed by atoms with van der Waals surface area (Å²) in [4.78, 5) is 2.24. The third kappa shape index (κ3) is 6.74. The third-order valence-corrected chi connectivity index (χ3v) is 2.74. The fourth-order valence-corrected chi connectivity index (χ4v) is 2.05. The monoisotopic (exact) mass is 251 g/mol. The van der Waals surface area contributed by atoms with Crippen LogP contribution in [0.3, 0.4) is 0 Å².